The van der Waals surface area contributed by atoms with Gasteiger partial charge in [0.1, 0.15) is 0 Å². The quantitative estimate of drug-likeness (QED) is 0.483. The van der Waals surface area contributed by atoms with E-state index in [1.54, 1.807) is 0 Å². The predicted octanol–water partition coefficient (Wildman–Crippen LogP) is 3.81. The molecule has 1 rings (SSSR count). The van der Waals surface area contributed by atoms with Gasteiger partial charge in [-0.3, -0.25) is 8.67 Å². The Kier molecular flexibility index (Phi) is 3.15. The van der Waals surface area contributed by atoms with Crippen LogP contribution in [0, 0.1) is 0 Å². The van der Waals surface area contributed by atoms with Gasteiger partial charge in [-0.05, 0) is 68.5 Å². The summed E-state index contributed by atoms with van der Waals surface area (Å²) in [5.74, 6) is 0. The lowest BCUT2D eigenvalue weighted by atomic mass is 10.1. The van der Waals surface area contributed by atoms with Gasteiger partial charge in [-0.1, -0.05) is 6.30 Å². The van der Waals surface area contributed by atoms with Crippen molar-refractivity contribution in [1.29, 1.82) is 0 Å². The van der Waals surface area contributed by atoms with Gasteiger partial charge in [0.25, 0.3) is 0 Å². The van der Waals surface area contributed by atoms with Gasteiger partial charge in [0.15, 0.2) is 0 Å². The van der Waals surface area contributed by atoms with Crippen LogP contribution in [0.15, 0.2) is 0 Å². The number of rotatable bonds is 0. The smallest absolute Gasteiger partial charge is 0.210 e. The SMILES string of the molecule is C=P1(C)N(C(C)(C)C)[Si](C)(C)N1C(C)(C)C. The molecule has 0 radical (unpaired) electrons. The second kappa shape index (κ2) is 3.47. The minimum Gasteiger partial charge on any atom is -0.276 e. The van der Waals surface area contributed by atoms with Crippen molar-refractivity contribution in [2.45, 2.75) is 65.7 Å². The molecule has 1 aliphatic rings. The van der Waals surface area contributed by atoms with E-state index in [9.17, 15) is 0 Å². The van der Waals surface area contributed by atoms with Crippen LogP contribution in [0.25, 0.3) is 0 Å². The molecular formula is C12H29N2PSi. The van der Waals surface area contributed by atoms with Crippen molar-refractivity contribution >= 4 is 21.9 Å². The Labute approximate surface area is 103 Å². The summed E-state index contributed by atoms with van der Waals surface area (Å²) < 4.78 is 5.50. The van der Waals surface area contributed by atoms with E-state index in [-0.39, 0.29) is 11.1 Å². The van der Waals surface area contributed by atoms with E-state index in [4.69, 9.17) is 0 Å². The minimum atomic E-state index is -1.46. The van der Waals surface area contributed by atoms with Crippen LogP contribution >= 0.6 is 7.19 Å². The van der Waals surface area contributed by atoms with Crippen molar-refractivity contribution in [2.75, 3.05) is 6.66 Å². The van der Waals surface area contributed by atoms with E-state index in [2.05, 4.69) is 76.3 Å². The summed E-state index contributed by atoms with van der Waals surface area (Å²) in [7, 11) is -2.78. The first-order valence-corrected chi connectivity index (χ1v) is 11.3. The number of nitrogens with zero attached hydrogens (tertiary/aromatic N) is 2. The van der Waals surface area contributed by atoms with Crippen LogP contribution in [-0.4, -0.2) is 41.1 Å². The number of hydrogen-bond acceptors (Lipinski definition) is 2. The zero-order chi connectivity index (χ0) is 13.2. The molecular weight excluding hydrogens is 231 g/mol. The maximum atomic E-state index is 4.56. The van der Waals surface area contributed by atoms with Crippen molar-refractivity contribution in [3.63, 3.8) is 0 Å². The summed E-state index contributed by atoms with van der Waals surface area (Å²) in [6, 6.07) is 0. The topological polar surface area (TPSA) is 6.48 Å². The molecule has 4 heteroatoms. The van der Waals surface area contributed by atoms with E-state index in [1.165, 1.54) is 0 Å². The highest BCUT2D eigenvalue weighted by Crippen LogP contribution is 2.69. The first-order valence-electron chi connectivity index (χ1n) is 6.06. The Bertz CT molecular complexity index is 308. The van der Waals surface area contributed by atoms with E-state index in [0.29, 0.717) is 0 Å². The molecule has 0 aromatic heterocycles. The summed E-state index contributed by atoms with van der Waals surface area (Å²) in [4.78, 5) is 0. The fourth-order valence-corrected chi connectivity index (χ4v) is 19.3. The van der Waals surface area contributed by atoms with E-state index < -0.39 is 15.6 Å². The van der Waals surface area contributed by atoms with Crippen LogP contribution in [0.1, 0.15) is 41.5 Å². The molecule has 0 spiro atoms. The molecule has 0 aliphatic carbocycles. The first-order chi connectivity index (χ1) is 6.73. The normalized spacial score (nSPS) is 26.6. The molecule has 0 bridgehead atoms. The molecule has 1 aliphatic heterocycles. The Morgan fingerprint density at radius 3 is 1.25 bits per heavy atom. The molecule has 0 unspecified atom stereocenters. The summed E-state index contributed by atoms with van der Waals surface area (Å²) in [6.07, 6.45) is 4.56. The molecule has 1 heterocycles. The second-order valence-corrected chi connectivity index (χ2v) is 15.2. The highest BCUT2D eigenvalue weighted by Gasteiger charge is 2.61. The van der Waals surface area contributed by atoms with Gasteiger partial charge >= 0.3 is 0 Å². The van der Waals surface area contributed by atoms with Crippen LogP contribution in [0.5, 0.6) is 0 Å². The van der Waals surface area contributed by atoms with Gasteiger partial charge in [0, 0.05) is 11.1 Å². The molecule has 0 aromatic carbocycles. The average molecular weight is 260 g/mol. The van der Waals surface area contributed by atoms with Gasteiger partial charge in [0.2, 0.25) is 8.40 Å². The van der Waals surface area contributed by atoms with Gasteiger partial charge in [-0.2, -0.15) is 0 Å². The lowest BCUT2D eigenvalue weighted by molar-refractivity contribution is 0.239. The van der Waals surface area contributed by atoms with E-state index in [1.807, 2.05) is 0 Å². The predicted molar refractivity (Wildman–Crippen MR) is 80.6 cm³/mol. The fraction of sp³-hybridized carbons (Fsp3) is 0.917. The molecule has 96 valence electrons. The van der Waals surface area contributed by atoms with Gasteiger partial charge in [0.05, 0.1) is 0 Å². The standard InChI is InChI=1S/C12H29N2PSi/c1-11(2,3)13-15(7,8)14(12(4,5)6)16(13,9)10/h7H2,1-6,8-10H3. The molecule has 16 heavy (non-hydrogen) atoms. The first kappa shape index (κ1) is 14.5. The third-order valence-electron chi connectivity index (χ3n) is 3.17. The van der Waals surface area contributed by atoms with Crippen molar-refractivity contribution < 1.29 is 0 Å². The van der Waals surface area contributed by atoms with Crippen molar-refractivity contribution in [3.8, 4) is 0 Å². The lowest BCUT2D eigenvalue weighted by Crippen LogP contribution is -2.78. The maximum absolute atomic E-state index is 4.56. The zero-order valence-corrected chi connectivity index (χ0v) is 14.4. The summed E-state index contributed by atoms with van der Waals surface area (Å²) in [5.41, 5.74) is 0.503. The maximum Gasteiger partial charge on any atom is 0.210 e. The Morgan fingerprint density at radius 2 is 1.12 bits per heavy atom. The lowest BCUT2D eigenvalue weighted by Gasteiger charge is -2.73. The molecule has 1 saturated heterocycles. The Balaban J connectivity index is 3.20. The summed E-state index contributed by atoms with van der Waals surface area (Å²) >= 11 is 0. The van der Waals surface area contributed by atoms with Crippen LogP contribution in [0.3, 0.4) is 0 Å². The average Bonchev–Trinajstić information content (AvgIpc) is 1.69. The van der Waals surface area contributed by atoms with Crippen molar-refractivity contribution in [3.05, 3.63) is 0 Å². The van der Waals surface area contributed by atoms with Gasteiger partial charge in [-0.25, -0.2) is 0 Å². The molecule has 1 fully saturated rings. The van der Waals surface area contributed by atoms with Gasteiger partial charge in [-0.15, -0.1) is 0 Å². The molecule has 0 N–H and O–H groups in total. The summed E-state index contributed by atoms with van der Waals surface area (Å²) in [6.45, 7) is 21.2. The Hall–Kier alpha value is 0.437. The molecule has 0 aromatic rings. The third kappa shape index (κ3) is 1.96. The highest BCUT2D eigenvalue weighted by molar-refractivity contribution is 7.75. The van der Waals surface area contributed by atoms with E-state index in [0.717, 1.165) is 0 Å². The fourth-order valence-electron chi connectivity index (χ4n) is 4.13. The van der Waals surface area contributed by atoms with Crippen LogP contribution in [0.2, 0.25) is 13.1 Å². The monoisotopic (exact) mass is 260 g/mol. The third-order valence-corrected chi connectivity index (χ3v) is 15.0. The van der Waals surface area contributed by atoms with Crippen molar-refractivity contribution in [2.24, 2.45) is 0 Å². The largest absolute Gasteiger partial charge is 0.276 e. The second-order valence-electron chi connectivity index (χ2n) is 7.55. The van der Waals surface area contributed by atoms with Crippen LogP contribution in [0.4, 0.5) is 0 Å². The minimum absolute atomic E-state index is 0.252. The molecule has 0 amide bonds. The number of hydrogen-bond donors (Lipinski definition) is 0. The zero-order valence-electron chi connectivity index (χ0n) is 12.5. The Morgan fingerprint density at radius 1 is 0.875 bits per heavy atom. The van der Waals surface area contributed by atoms with Gasteiger partial charge < -0.3 is 0 Å². The highest BCUT2D eigenvalue weighted by atomic mass is 31.2. The van der Waals surface area contributed by atoms with Crippen LogP contribution < -0.4 is 0 Å². The summed E-state index contributed by atoms with van der Waals surface area (Å²) in [5, 5.41) is 0. The van der Waals surface area contributed by atoms with Crippen molar-refractivity contribution in [1.82, 2.24) is 8.67 Å². The molecule has 0 saturated carbocycles. The molecule has 2 nitrogen and oxygen atoms in total. The molecule has 0 atom stereocenters. The van der Waals surface area contributed by atoms with E-state index >= 15 is 0 Å². The van der Waals surface area contributed by atoms with Crippen LogP contribution in [-0.2, 0) is 0 Å².